The second-order valence-corrected chi connectivity index (χ2v) is 6.40. The fourth-order valence-corrected chi connectivity index (χ4v) is 3.48. The topological polar surface area (TPSA) is 0 Å². The Hall–Kier alpha value is -1.03. The molecule has 0 atom stereocenters. The van der Waals surface area contributed by atoms with E-state index in [2.05, 4.69) is 64.1 Å². The van der Waals surface area contributed by atoms with E-state index in [0.29, 0.717) is 0 Å². The molecule has 0 aliphatic heterocycles. The third kappa shape index (κ3) is 3.00. The van der Waals surface area contributed by atoms with Crippen LogP contribution in [0, 0.1) is 27.7 Å². The molecule has 2 aromatic carbocycles. The van der Waals surface area contributed by atoms with Crippen molar-refractivity contribution in [3.05, 3.63) is 58.7 Å². The molecule has 1 heteroatoms. The molecule has 0 saturated heterocycles. The van der Waals surface area contributed by atoms with Gasteiger partial charge in [-0.25, -0.2) is 0 Å². The van der Waals surface area contributed by atoms with E-state index in [1.165, 1.54) is 31.1 Å². The van der Waals surface area contributed by atoms with Gasteiger partial charge in [0.15, 0.2) is 0 Å². The van der Waals surface area contributed by atoms with Crippen molar-refractivity contribution < 1.29 is 1.43 Å². The molecule has 0 aromatic heterocycles. The summed E-state index contributed by atoms with van der Waals surface area (Å²) in [5.74, 6) is 0. The fraction of sp³-hybridized carbons (Fsp3) is 0.250. The van der Waals surface area contributed by atoms with E-state index in [4.69, 9.17) is 0 Å². The fourth-order valence-electron chi connectivity index (χ4n) is 2.14. The van der Waals surface area contributed by atoms with E-state index in [1.54, 1.807) is 0 Å². The van der Waals surface area contributed by atoms with Crippen LogP contribution >= 0.6 is 0 Å². The van der Waals surface area contributed by atoms with E-state index in [-0.39, 0.29) is 16.6 Å². The Bertz CT molecular complexity index is 497. The molecule has 0 bridgehead atoms. The summed E-state index contributed by atoms with van der Waals surface area (Å²) in [4.78, 5) is 0. The monoisotopic (exact) mass is 238 g/mol. The largest absolute Gasteiger partial charge is 1.00 e. The van der Waals surface area contributed by atoms with E-state index < -0.39 is 0 Å². The van der Waals surface area contributed by atoms with Crippen molar-refractivity contribution >= 4 is 24.1 Å². The minimum Gasteiger partial charge on any atom is -1.00 e. The molecule has 0 saturated carbocycles. The summed E-state index contributed by atoms with van der Waals surface area (Å²) in [6.45, 7) is 8.75. The van der Waals surface area contributed by atoms with E-state index >= 15 is 0 Å². The standard InChI is InChI=1S/2C8H9.Al.H/c2*1-7-4-3-5-8(2)6-7;;/h2*3-4,6H,1-2H3;;/q;;+1;-1. The molecule has 86 valence electrons. The number of aryl methyl sites for hydroxylation is 4. The average Bonchev–Trinajstić information content (AvgIpc) is 2.25. The zero-order valence-electron chi connectivity index (χ0n) is 12.0. The van der Waals surface area contributed by atoms with Crippen LogP contribution in [0.5, 0.6) is 0 Å². The normalized spacial score (nSPS) is 10.1. The summed E-state index contributed by atoms with van der Waals surface area (Å²) in [7, 11) is 0. The molecule has 0 spiro atoms. The van der Waals surface area contributed by atoms with Gasteiger partial charge >= 0.3 is 110 Å². The van der Waals surface area contributed by atoms with Crippen LogP contribution < -0.4 is 8.85 Å². The van der Waals surface area contributed by atoms with Crippen molar-refractivity contribution in [3.8, 4) is 0 Å². The Balaban J connectivity index is 0.00000162. The molecule has 0 aliphatic rings. The van der Waals surface area contributed by atoms with Crippen molar-refractivity contribution in [2.45, 2.75) is 27.7 Å². The Morgan fingerprint density at radius 1 is 0.706 bits per heavy atom. The zero-order valence-corrected chi connectivity index (χ0v) is 12.2. The first-order valence-corrected chi connectivity index (χ1v) is 7.21. The molecule has 0 aliphatic carbocycles. The number of hydrogen-bond donors (Lipinski definition) is 0. The summed E-state index contributed by atoms with van der Waals surface area (Å²) in [6, 6.07) is 13.6. The minimum absolute atomic E-state index is 0. The maximum atomic E-state index is 2.29. The van der Waals surface area contributed by atoms with Crippen molar-refractivity contribution in [2.24, 2.45) is 0 Å². The van der Waals surface area contributed by atoms with Crippen LogP contribution in [0.4, 0.5) is 0 Å². The number of rotatable bonds is 2. The predicted octanol–water partition coefficient (Wildman–Crippen LogP) is 2.69. The third-order valence-corrected chi connectivity index (χ3v) is 5.08. The van der Waals surface area contributed by atoms with Crippen LogP contribution in [0.2, 0.25) is 0 Å². The average molecular weight is 238 g/mol. The van der Waals surface area contributed by atoms with Gasteiger partial charge < -0.3 is 1.43 Å². The van der Waals surface area contributed by atoms with Gasteiger partial charge in [-0.05, 0) is 0 Å². The Morgan fingerprint density at radius 2 is 1.12 bits per heavy atom. The maximum absolute atomic E-state index is 2.29. The smallest absolute Gasteiger partial charge is 1.00 e. The number of hydrogen-bond acceptors (Lipinski definition) is 0. The van der Waals surface area contributed by atoms with Gasteiger partial charge in [0.1, 0.15) is 0 Å². The van der Waals surface area contributed by atoms with Crippen LogP contribution in [0.1, 0.15) is 23.7 Å². The summed E-state index contributed by atoms with van der Waals surface area (Å²) in [5, 5.41) is 0. The minimum atomic E-state index is 0. The molecular weight excluding hydrogens is 219 g/mol. The van der Waals surface area contributed by atoms with Crippen LogP contribution in [0.15, 0.2) is 36.4 Å². The second kappa shape index (κ2) is 5.09. The summed E-state index contributed by atoms with van der Waals surface area (Å²) in [5.41, 5.74) is 5.57. The molecule has 0 N–H and O–H groups in total. The zero-order chi connectivity index (χ0) is 12.4. The second-order valence-electron chi connectivity index (χ2n) is 4.86. The number of benzene rings is 2. The van der Waals surface area contributed by atoms with Crippen molar-refractivity contribution in [2.75, 3.05) is 0 Å². The van der Waals surface area contributed by atoms with Gasteiger partial charge in [-0.2, -0.15) is 0 Å². The molecule has 0 radical (unpaired) electrons. The van der Waals surface area contributed by atoms with Crippen LogP contribution in [-0.4, -0.2) is 15.2 Å². The molecule has 0 unspecified atom stereocenters. The van der Waals surface area contributed by atoms with Gasteiger partial charge in [0.05, 0.1) is 0 Å². The molecular formula is C16H19Al. The summed E-state index contributed by atoms with van der Waals surface area (Å²) >= 11 is 0.222. The predicted molar refractivity (Wildman–Crippen MR) is 78.0 cm³/mol. The van der Waals surface area contributed by atoms with Crippen molar-refractivity contribution in [3.63, 3.8) is 0 Å². The molecule has 0 fully saturated rings. The van der Waals surface area contributed by atoms with Crippen molar-refractivity contribution in [1.82, 2.24) is 0 Å². The molecule has 0 heterocycles. The van der Waals surface area contributed by atoms with Gasteiger partial charge in [-0.15, -0.1) is 0 Å². The molecule has 2 rings (SSSR count). The molecule has 0 amide bonds. The van der Waals surface area contributed by atoms with Gasteiger partial charge in [-0.3, -0.25) is 0 Å². The Morgan fingerprint density at radius 3 is 1.47 bits per heavy atom. The first-order chi connectivity index (χ1) is 8.06. The summed E-state index contributed by atoms with van der Waals surface area (Å²) < 4.78 is 3.03. The summed E-state index contributed by atoms with van der Waals surface area (Å²) in [6.07, 6.45) is 0. The maximum Gasteiger partial charge on any atom is -1.00 e. The van der Waals surface area contributed by atoms with E-state index in [1.807, 2.05) is 0 Å². The quantitative estimate of drug-likeness (QED) is 0.706. The van der Waals surface area contributed by atoms with E-state index in [9.17, 15) is 0 Å². The molecule has 17 heavy (non-hydrogen) atoms. The molecule has 2 aromatic rings. The van der Waals surface area contributed by atoms with Gasteiger partial charge in [0.25, 0.3) is 0 Å². The van der Waals surface area contributed by atoms with Crippen LogP contribution in [0.25, 0.3) is 0 Å². The van der Waals surface area contributed by atoms with Gasteiger partial charge in [0, 0.05) is 0 Å². The Labute approximate surface area is 112 Å². The van der Waals surface area contributed by atoms with E-state index in [0.717, 1.165) is 0 Å². The third-order valence-electron chi connectivity index (χ3n) is 3.16. The molecule has 0 nitrogen and oxygen atoms in total. The SMILES string of the molecule is Cc1cc[c]([Al+][c]2ccc(C)cc2C)c(C)c1.[H-]. The Kier molecular flexibility index (Phi) is 3.72. The van der Waals surface area contributed by atoms with Crippen molar-refractivity contribution in [1.29, 1.82) is 0 Å². The first kappa shape index (κ1) is 12.4. The van der Waals surface area contributed by atoms with Crippen LogP contribution in [0.3, 0.4) is 0 Å². The van der Waals surface area contributed by atoms with Crippen LogP contribution in [-0.2, 0) is 0 Å². The van der Waals surface area contributed by atoms with Gasteiger partial charge in [0.2, 0.25) is 0 Å². The first-order valence-electron chi connectivity index (χ1n) is 6.05. The van der Waals surface area contributed by atoms with Gasteiger partial charge in [-0.1, -0.05) is 0 Å².